The van der Waals surface area contributed by atoms with Gasteiger partial charge in [-0.25, -0.2) is 14.4 Å². The van der Waals surface area contributed by atoms with E-state index in [4.69, 9.17) is 0 Å². The number of anilines is 2. The van der Waals surface area contributed by atoms with E-state index in [1.165, 1.54) is 17.7 Å². The van der Waals surface area contributed by atoms with E-state index >= 15 is 0 Å². The Morgan fingerprint density at radius 2 is 1.77 bits per heavy atom. The number of rotatable bonds is 4. The van der Waals surface area contributed by atoms with Crippen LogP contribution in [0.3, 0.4) is 0 Å². The second kappa shape index (κ2) is 8.61. The van der Waals surface area contributed by atoms with Gasteiger partial charge < -0.3 is 10.2 Å². The molecule has 6 heteroatoms. The molecular weight excluding hydrogens is 379 g/mol. The minimum Gasteiger partial charge on any atom is -0.340 e. The summed E-state index contributed by atoms with van der Waals surface area (Å²) in [5, 5.41) is 3.05. The standard InChI is InChI=1S/C24H25FN4O/c1-16-5-10-22(12-17(16)2)28-23(30)19-4-3-11-29(15-19)24-26-13-20(14-27-24)18-6-8-21(25)9-7-18/h5-10,12-14,19H,3-4,11,15H2,1-2H3,(H,28,30)/t19-/m0/s1. The summed E-state index contributed by atoms with van der Waals surface area (Å²) in [6.07, 6.45) is 5.25. The predicted octanol–water partition coefficient (Wildman–Crippen LogP) is 4.75. The Kier molecular flexibility index (Phi) is 5.74. The summed E-state index contributed by atoms with van der Waals surface area (Å²) in [6.45, 7) is 5.51. The molecule has 1 fully saturated rings. The maximum atomic E-state index is 13.1. The van der Waals surface area contributed by atoms with E-state index in [9.17, 15) is 9.18 Å². The molecule has 0 aliphatic carbocycles. The Hall–Kier alpha value is -3.28. The fourth-order valence-electron chi connectivity index (χ4n) is 3.71. The van der Waals surface area contributed by atoms with Crippen LogP contribution in [0.5, 0.6) is 0 Å². The van der Waals surface area contributed by atoms with Gasteiger partial charge in [-0.2, -0.15) is 0 Å². The summed E-state index contributed by atoms with van der Waals surface area (Å²) < 4.78 is 13.1. The lowest BCUT2D eigenvalue weighted by Gasteiger charge is -2.32. The van der Waals surface area contributed by atoms with Crippen LogP contribution in [0.2, 0.25) is 0 Å². The summed E-state index contributed by atoms with van der Waals surface area (Å²) in [7, 11) is 0. The van der Waals surface area contributed by atoms with Crippen molar-refractivity contribution >= 4 is 17.5 Å². The van der Waals surface area contributed by atoms with Crippen molar-refractivity contribution in [1.82, 2.24) is 9.97 Å². The van der Waals surface area contributed by atoms with Crippen molar-refractivity contribution < 1.29 is 9.18 Å². The van der Waals surface area contributed by atoms with Gasteiger partial charge in [0.05, 0.1) is 5.92 Å². The van der Waals surface area contributed by atoms with Gasteiger partial charge in [-0.3, -0.25) is 4.79 Å². The molecule has 4 rings (SSSR count). The van der Waals surface area contributed by atoms with Crippen LogP contribution >= 0.6 is 0 Å². The highest BCUT2D eigenvalue weighted by atomic mass is 19.1. The third-order valence-corrected chi connectivity index (χ3v) is 5.67. The van der Waals surface area contributed by atoms with Gasteiger partial charge >= 0.3 is 0 Å². The number of nitrogens with one attached hydrogen (secondary N) is 1. The first-order chi connectivity index (χ1) is 14.5. The van der Waals surface area contributed by atoms with E-state index in [-0.39, 0.29) is 17.6 Å². The molecule has 0 unspecified atom stereocenters. The van der Waals surface area contributed by atoms with Crippen LogP contribution < -0.4 is 10.2 Å². The molecule has 1 aromatic heterocycles. The molecule has 0 spiro atoms. The number of carbonyl (C=O) groups is 1. The van der Waals surface area contributed by atoms with Gasteiger partial charge in [0.15, 0.2) is 0 Å². The largest absolute Gasteiger partial charge is 0.340 e. The zero-order valence-corrected chi connectivity index (χ0v) is 17.2. The molecule has 3 aromatic rings. The number of hydrogen-bond donors (Lipinski definition) is 1. The highest BCUT2D eigenvalue weighted by Crippen LogP contribution is 2.24. The van der Waals surface area contributed by atoms with Crippen molar-refractivity contribution in [3.8, 4) is 11.1 Å². The van der Waals surface area contributed by atoms with E-state index in [2.05, 4.69) is 27.1 Å². The fourth-order valence-corrected chi connectivity index (χ4v) is 3.71. The van der Waals surface area contributed by atoms with Crippen molar-refractivity contribution in [2.24, 2.45) is 5.92 Å². The third kappa shape index (κ3) is 4.48. The summed E-state index contributed by atoms with van der Waals surface area (Å²) in [5.41, 5.74) is 4.90. The lowest BCUT2D eigenvalue weighted by Crippen LogP contribution is -2.41. The first-order valence-corrected chi connectivity index (χ1v) is 10.2. The Morgan fingerprint density at radius 1 is 1.03 bits per heavy atom. The monoisotopic (exact) mass is 404 g/mol. The van der Waals surface area contributed by atoms with E-state index in [0.717, 1.165) is 41.8 Å². The number of aromatic nitrogens is 2. The van der Waals surface area contributed by atoms with Crippen molar-refractivity contribution in [2.45, 2.75) is 26.7 Å². The van der Waals surface area contributed by atoms with E-state index < -0.39 is 0 Å². The summed E-state index contributed by atoms with van der Waals surface area (Å²) in [4.78, 5) is 23.8. The van der Waals surface area contributed by atoms with Crippen LogP contribution in [0.15, 0.2) is 54.9 Å². The highest BCUT2D eigenvalue weighted by Gasteiger charge is 2.27. The van der Waals surface area contributed by atoms with Crippen LogP contribution in [0, 0.1) is 25.6 Å². The second-order valence-corrected chi connectivity index (χ2v) is 7.85. The van der Waals surface area contributed by atoms with Gasteiger partial charge in [0.2, 0.25) is 11.9 Å². The fraction of sp³-hybridized carbons (Fsp3) is 0.292. The predicted molar refractivity (Wildman–Crippen MR) is 117 cm³/mol. The molecule has 1 amide bonds. The summed E-state index contributed by atoms with van der Waals surface area (Å²) >= 11 is 0. The molecule has 2 aromatic carbocycles. The molecule has 0 bridgehead atoms. The first-order valence-electron chi connectivity index (χ1n) is 10.2. The maximum Gasteiger partial charge on any atom is 0.229 e. The quantitative estimate of drug-likeness (QED) is 0.681. The molecule has 154 valence electrons. The molecule has 2 heterocycles. The number of amides is 1. The van der Waals surface area contributed by atoms with Crippen LogP contribution in [-0.2, 0) is 4.79 Å². The number of halogens is 1. The zero-order valence-electron chi connectivity index (χ0n) is 17.2. The van der Waals surface area contributed by atoms with Gasteiger partial charge in [-0.05, 0) is 67.6 Å². The Morgan fingerprint density at radius 3 is 2.47 bits per heavy atom. The minimum absolute atomic E-state index is 0.0332. The molecule has 1 aliphatic rings. The number of piperidine rings is 1. The Balaban J connectivity index is 1.42. The number of hydrogen-bond acceptors (Lipinski definition) is 4. The van der Waals surface area contributed by atoms with Crippen LogP contribution in [0.25, 0.3) is 11.1 Å². The van der Waals surface area contributed by atoms with Crippen molar-refractivity contribution in [1.29, 1.82) is 0 Å². The molecule has 1 atom stereocenters. The lowest BCUT2D eigenvalue weighted by molar-refractivity contribution is -0.120. The number of nitrogens with zero attached hydrogens (tertiary/aromatic N) is 3. The van der Waals surface area contributed by atoms with Crippen LogP contribution in [0.1, 0.15) is 24.0 Å². The normalized spacial score (nSPS) is 16.4. The van der Waals surface area contributed by atoms with E-state index in [0.29, 0.717) is 12.5 Å². The van der Waals surface area contributed by atoms with Gasteiger partial charge in [0.25, 0.3) is 0 Å². The van der Waals surface area contributed by atoms with Crippen molar-refractivity contribution in [3.63, 3.8) is 0 Å². The summed E-state index contributed by atoms with van der Waals surface area (Å²) in [6, 6.07) is 12.2. The molecule has 1 saturated heterocycles. The van der Waals surface area contributed by atoms with Gasteiger partial charge in [0.1, 0.15) is 5.82 Å². The minimum atomic E-state index is -0.269. The summed E-state index contributed by atoms with van der Waals surface area (Å²) in [5.74, 6) is 0.269. The first kappa shape index (κ1) is 20.0. The number of carbonyl (C=O) groups excluding carboxylic acids is 1. The molecule has 30 heavy (non-hydrogen) atoms. The molecule has 5 nitrogen and oxygen atoms in total. The maximum absolute atomic E-state index is 13.1. The number of aryl methyl sites for hydroxylation is 2. The van der Waals surface area contributed by atoms with Gasteiger partial charge in [-0.1, -0.05) is 18.2 Å². The average molecular weight is 404 g/mol. The Labute approximate surface area is 176 Å². The average Bonchev–Trinajstić information content (AvgIpc) is 2.77. The van der Waals surface area contributed by atoms with Crippen molar-refractivity contribution in [2.75, 3.05) is 23.3 Å². The lowest BCUT2D eigenvalue weighted by atomic mass is 9.97. The molecule has 1 N–H and O–H groups in total. The zero-order chi connectivity index (χ0) is 21.1. The van der Waals surface area contributed by atoms with Crippen LogP contribution in [0.4, 0.5) is 16.0 Å². The number of benzene rings is 2. The smallest absolute Gasteiger partial charge is 0.229 e. The molecule has 0 radical (unpaired) electrons. The van der Waals surface area contributed by atoms with E-state index in [1.807, 2.05) is 25.1 Å². The highest BCUT2D eigenvalue weighted by molar-refractivity contribution is 5.93. The topological polar surface area (TPSA) is 58.1 Å². The SMILES string of the molecule is Cc1ccc(NC(=O)[C@H]2CCCN(c3ncc(-c4ccc(F)cc4)cn3)C2)cc1C. The van der Waals surface area contributed by atoms with Gasteiger partial charge in [0, 0.05) is 36.7 Å². The molecular formula is C24H25FN4O. The second-order valence-electron chi connectivity index (χ2n) is 7.85. The van der Waals surface area contributed by atoms with E-state index in [1.54, 1.807) is 24.5 Å². The van der Waals surface area contributed by atoms with Crippen molar-refractivity contribution in [3.05, 3.63) is 71.8 Å². The Bertz CT molecular complexity index is 1030. The molecule has 1 aliphatic heterocycles. The van der Waals surface area contributed by atoms with Crippen LogP contribution in [-0.4, -0.2) is 29.0 Å². The molecule has 0 saturated carbocycles. The van der Waals surface area contributed by atoms with Gasteiger partial charge in [-0.15, -0.1) is 0 Å². The third-order valence-electron chi connectivity index (χ3n) is 5.67.